The predicted molar refractivity (Wildman–Crippen MR) is 80.5 cm³/mol. The van der Waals surface area contributed by atoms with Gasteiger partial charge in [-0.05, 0) is 37.1 Å². The Morgan fingerprint density at radius 1 is 1.33 bits per heavy atom. The van der Waals surface area contributed by atoms with Crippen molar-refractivity contribution in [3.63, 3.8) is 0 Å². The Morgan fingerprint density at radius 3 is 2.71 bits per heavy atom. The van der Waals surface area contributed by atoms with Crippen molar-refractivity contribution in [1.29, 1.82) is 0 Å². The number of piperidine rings is 1. The van der Waals surface area contributed by atoms with E-state index >= 15 is 0 Å². The summed E-state index contributed by atoms with van der Waals surface area (Å²) in [6, 6.07) is 7.70. The standard InChI is InChI=1S/C15H18N4O2/c16-13-3-2-12(10-14(13)19-7-1-6-17-19)18-8-4-11(5-9-18)15(20)21/h1-3,6-7,10-11H,4-5,8-9,16H2,(H,20,21). The second-order valence-electron chi connectivity index (χ2n) is 5.29. The minimum Gasteiger partial charge on any atom is -0.481 e. The van der Waals surface area contributed by atoms with E-state index in [0.717, 1.165) is 24.5 Å². The summed E-state index contributed by atoms with van der Waals surface area (Å²) in [7, 11) is 0. The minimum atomic E-state index is -0.691. The highest BCUT2D eigenvalue weighted by Gasteiger charge is 2.24. The average molecular weight is 286 g/mol. The molecule has 0 amide bonds. The van der Waals surface area contributed by atoms with E-state index in [1.807, 2.05) is 30.5 Å². The molecular formula is C15H18N4O2. The normalized spacial score (nSPS) is 16.1. The summed E-state index contributed by atoms with van der Waals surface area (Å²) in [5, 5.41) is 13.3. The van der Waals surface area contributed by atoms with Gasteiger partial charge in [0.25, 0.3) is 0 Å². The Balaban J connectivity index is 1.81. The number of carboxylic acid groups (broad SMARTS) is 1. The molecule has 0 aliphatic carbocycles. The van der Waals surface area contributed by atoms with E-state index in [9.17, 15) is 4.79 Å². The van der Waals surface area contributed by atoms with Crippen molar-refractivity contribution in [3.8, 4) is 5.69 Å². The van der Waals surface area contributed by atoms with Gasteiger partial charge in [0, 0.05) is 31.2 Å². The first-order chi connectivity index (χ1) is 10.1. The quantitative estimate of drug-likeness (QED) is 0.840. The SMILES string of the molecule is Nc1ccc(N2CCC(C(=O)O)CC2)cc1-n1cccn1. The van der Waals surface area contributed by atoms with Gasteiger partial charge in [0.05, 0.1) is 17.3 Å². The molecule has 0 spiro atoms. The predicted octanol–water partition coefficient (Wildman–Crippen LogP) is 1.76. The number of nitrogens with two attached hydrogens (primary N) is 1. The molecule has 1 aromatic carbocycles. The zero-order chi connectivity index (χ0) is 14.8. The maximum atomic E-state index is 11.0. The van der Waals surface area contributed by atoms with Crippen LogP contribution in [0.2, 0.25) is 0 Å². The molecular weight excluding hydrogens is 268 g/mol. The number of nitrogens with zero attached hydrogens (tertiary/aromatic N) is 3. The molecule has 0 saturated carbocycles. The van der Waals surface area contributed by atoms with E-state index < -0.39 is 5.97 Å². The van der Waals surface area contributed by atoms with Crippen LogP contribution in [0.3, 0.4) is 0 Å². The van der Waals surface area contributed by atoms with Crippen LogP contribution in [0.4, 0.5) is 11.4 Å². The molecule has 1 saturated heterocycles. The molecule has 6 heteroatoms. The topological polar surface area (TPSA) is 84.4 Å². The first kappa shape index (κ1) is 13.5. The summed E-state index contributed by atoms with van der Waals surface area (Å²) < 4.78 is 1.74. The molecule has 110 valence electrons. The first-order valence-electron chi connectivity index (χ1n) is 7.02. The molecule has 1 fully saturated rings. The van der Waals surface area contributed by atoms with Gasteiger partial charge >= 0.3 is 5.97 Å². The highest BCUT2D eigenvalue weighted by atomic mass is 16.4. The number of nitrogen functional groups attached to an aromatic ring is 1. The van der Waals surface area contributed by atoms with Crippen LogP contribution in [0.15, 0.2) is 36.7 Å². The van der Waals surface area contributed by atoms with E-state index in [4.69, 9.17) is 10.8 Å². The number of carbonyl (C=O) groups is 1. The Morgan fingerprint density at radius 2 is 2.10 bits per heavy atom. The molecule has 0 unspecified atom stereocenters. The van der Waals surface area contributed by atoms with E-state index in [-0.39, 0.29) is 5.92 Å². The van der Waals surface area contributed by atoms with Crippen LogP contribution in [-0.2, 0) is 4.79 Å². The fraction of sp³-hybridized carbons (Fsp3) is 0.333. The van der Waals surface area contributed by atoms with Crippen LogP contribution in [0.5, 0.6) is 0 Å². The number of anilines is 2. The van der Waals surface area contributed by atoms with Crippen LogP contribution >= 0.6 is 0 Å². The number of benzene rings is 1. The lowest BCUT2D eigenvalue weighted by atomic mass is 9.96. The number of aliphatic carboxylic acids is 1. The molecule has 2 aromatic rings. The summed E-state index contributed by atoms with van der Waals surface area (Å²) in [6.45, 7) is 1.50. The van der Waals surface area contributed by atoms with Crippen molar-refractivity contribution in [2.24, 2.45) is 5.92 Å². The van der Waals surface area contributed by atoms with Crippen LogP contribution in [-0.4, -0.2) is 33.9 Å². The summed E-state index contributed by atoms with van der Waals surface area (Å²) in [4.78, 5) is 13.2. The van der Waals surface area contributed by atoms with Crippen LogP contribution in [0, 0.1) is 5.92 Å². The molecule has 0 bridgehead atoms. The van der Waals surface area contributed by atoms with Crippen molar-refractivity contribution in [3.05, 3.63) is 36.7 Å². The third-order valence-corrected chi connectivity index (χ3v) is 3.97. The Labute approximate surface area is 122 Å². The smallest absolute Gasteiger partial charge is 0.306 e. The molecule has 3 rings (SSSR count). The van der Waals surface area contributed by atoms with E-state index in [0.29, 0.717) is 18.5 Å². The van der Waals surface area contributed by atoms with Gasteiger partial charge in [-0.1, -0.05) is 0 Å². The number of aromatic nitrogens is 2. The van der Waals surface area contributed by atoms with E-state index in [1.165, 1.54) is 0 Å². The van der Waals surface area contributed by atoms with Gasteiger partial charge < -0.3 is 15.7 Å². The zero-order valence-electron chi connectivity index (χ0n) is 11.6. The van der Waals surface area contributed by atoms with Crippen molar-refractivity contribution < 1.29 is 9.90 Å². The molecule has 1 aliphatic rings. The zero-order valence-corrected chi connectivity index (χ0v) is 11.6. The van der Waals surface area contributed by atoms with Gasteiger partial charge in [-0.15, -0.1) is 0 Å². The molecule has 1 aliphatic heterocycles. The van der Waals surface area contributed by atoms with Gasteiger partial charge in [0.1, 0.15) is 0 Å². The van der Waals surface area contributed by atoms with Crippen molar-refractivity contribution in [2.75, 3.05) is 23.7 Å². The highest BCUT2D eigenvalue weighted by molar-refractivity contribution is 5.71. The average Bonchev–Trinajstić information content (AvgIpc) is 3.02. The van der Waals surface area contributed by atoms with Crippen LogP contribution in [0.25, 0.3) is 5.69 Å². The molecule has 1 aromatic heterocycles. The molecule has 2 heterocycles. The number of hydrogen-bond acceptors (Lipinski definition) is 4. The van der Waals surface area contributed by atoms with Gasteiger partial charge in [0.2, 0.25) is 0 Å². The third-order valence-electron chi connectivity index (χ3n) is 3.97. The van der Waals surface area contributed by atoms with Gasteiger partial charge in [0.15, 0.2) is 0 Å². The van der Waals surface area contributed by atoms with Crippen molar-refractivity contribution >= 4 is 17.3 Å². The van der Waals surface area contributed by atoms with Crippen molar-refractivity contribution in [1.82, 2.24) is 9.78 Å². The lowest BCUT2D eigenvalue weighted by Gasteiger charge is -2.32. The fourth-order valence-corrected chi connectivity index (χ4v) is 2.72. The first-order valence-corrected chi connectivity index (χ1v) is 7.02. The number of hydrogen-bond donors (Lipinski definition) is 2. The largest absolute Gasteiger partial charge is 0.481 e. The molecule has 0 radical (unpaired) electrons. The summed E-state index contributed by atoms with van der Waals surface area (Å²) in [6.07, 6.45) is 4.92. The molecule has 21 heavy (non-hydrogen) atoms. The molecule has 6 nitrogen and oxygen atoms in total. The second-order valence-corrected chi connectivity index (χ2v) is 5.29. The molecule has 0 atom stereocenters. The third kappa shape index (κ3) is 2.69. The lowest BCUT2D eigenvalue weighted by Crippen LogP contribution is -2.36. The maximum Gasteiger partial charge on any atom is 0.306 e. The fourth-order valence-electron chi connectivity index (χ4n) is 2.72. The highest BCUT2D eigenvalue weighted by Crippen LogP contribution is 2.27. The van der Waals surface area contributed by atoms with Gasteiger partial charge in [-0.3, -0.25) is 4.79 Å². The van der Waals surface area contributed by atoms with Crippen molar-refractivity contribution in [2.45, 2.75) is 12.8 Å². The van der Waals surface area contributed by atoms with E-state index in [2.05, 4.69) is 10.00 Å². The Bertz CT molecular complexity index is 631. The second kappa shape index (κ2) is 5.47. The molecule has 3 N–H and O–H groups in total. The minimum absolute atomic E-state index is 0.222. The Hall–Kier alpha value is -2.50. The summed E-state index contributed by atoms with van der Waals surface area (Å²) in [5.41, 5.74) is 8.58. The number of carboxylic acids is 1. The Kier molecular flexibility index (Phi) is 3.51. The van der Waals surface area contributed by atoms with Crippen LogP contribution < -0.4 is 10.6 Å². The van der Waals surface area contributed by atoms with Gasteiger partial charge in [-0.2, -0.15) is 5.10 Å². The van der Waals surface area contributed by atoms with Gasteiger partial charge in [-0.25, -0.2) is 4.68 Å². The lowest BCUT2D eigenvalue weighted by molar-refractivity contribution is -0.142. The van der Waals surface area contributed by atoms with Crippen LogP contribution in [0.1, 0.15) is 12.8 Å². The monoisotopic (exact) mass is 286 g/mol. The van der Waals surface area contributed by atoms with E-state index in [1.54, 1.807) is 10.9 Å². The maximum absolute atomic E-state index is 11.0. The summed E-state index contributed by atoms with van der Waals surface area (Å²) in [5.74, 6) is -0.912. The number of rotatable bonds is 3. The summed E-state index contributed by atoms with van der Waals surface area (Å²) >= 11 is 0.